The number of methoxy groups -OCH3 is 2. The van der Waals surface area contributed by atoms with Crippen molar-refractivity contribution >= 4 is 15.9 Å². The Hall–Kier alpha value is -0.740. The first-order valence-electron chi connectivity index (χ1n) is 5.30. The highest BCUT2D eigenvalue weighted by atomic mass is 79.9. The molecule has 0 heterocycles. The molecule has 0 aliphatic heterocycles. The second-order valence-corrected chi connectivity index (χ2v) is 4.75. The van der Waals surface area contributed by atoms with Crippen LogP contribution in [0.2, 0.25) is 0 Å². The Bertz CT molecular complexity index is 404. The summed E-state index contributed by atoms with van der Waals surface area (Å²) in [5.41, 5.74) is 1.95. The maximum absolute atomic E-state index is 10.1. The molecule has 0 saturated carbocycles. The number of aliphatic hydroxyl groups excluding tert-OH is 1. The molecule has 0 saturated heterocycles. The van der Waals surface area contributed by atoms with Crippen LogP contribution in [0, 0.1) is 0 Å². The van der Waals surface area contributed by atoms with Crippen molar-refractivity contribution in [3.63, 3.8) is 0 Å². The van der Waals surface area contributed by atoms with Gasteiger partial charge in [-0.25, -0.2) is 0 Å². The molecular weight excluding hydrogens is 272 g/mol. The monoisotopic (exact) mass is 286 g/mol. The average Bonchev–Trinajstić information content (AvgIpc) is 2.29. The Kier molecular flexibility index (Phi) is 3.40. The zero-order valence-corrected chi connectivity index (χ0v) is 11.0. The van der Waals surface area contributed by atoms with Crippen molar-refractivity contribution in [2.24, 2.45) is 0 Å². The number of ether oxygens (including phenoxy) is 2. The predicted octanol–water partition coefficient (Wildman–Crippen LogP) is 2.84. The zero-order valence-electron chi connectivity index (χ0n) is 9.42. The highest BCUT2D eigenvalue weighted by molar-refractivity contribution is 9.10. The van der Waals surface area contributed by atoms with Crippen molar-refractivity contribution in [2.45, 2.75) is 25.4 Å². The number of hydrogen-bond donors (Lipinski definition) is 1. The van der Waals surface area contributed by atoms with Crippen molar-refractivity contribution in [1.82, 2.24) is 0 Å². The van der Waals surface area contributed by atoms with E-state index in [4.69, 9.17) is 9.47 Å². The lowest BCUT2D eigenvalue weighted by Gasteiger charge is -2.26. The van der Waals surface area contributed by atoms with Crippen LogP contribution in [0.15, 0.2) is 10.5 Å². The standard InChI is InChI=1S/C12H15BrO3/c1-15-10-6-8(13)12(16-2)11-7(10)4-3-5-9(11)14/h6,9,14H,3-5H2,1-2H3. The van der Waals surface area contributed by atoms with Gasteiger partial charge in [0.05, 0.1) is 24.8 Å². The van der Waals surface area contributed by atoms with Gasteiger partial charge in [-0.05, 0) is 41.3 Å². The van der Waals surface area contributed by atoms with Crippen molar-refractivity contribution in [3.8, 4) is 11.5 Å². The molecule has 1 aliphatic rings. The third kappa shape index (κ3) is 1.80. The summed E-state index contributed by atoms with van der Waals surface area (Å²) in [6.45, 7) is 0. The van der Waals surface area contributed by atoms with Crippen molar-refractivity contribution in [3.05, 3.63) is 21.7 Å². The van der Waals surface area contributed by atoms with Gasteiger partial charge in [0.15, 0.2) is 0 Å². The van der Waals surface area contributed by atoms with Crippen LogP contribution in [-0.4, -0.2) is 19.3 Å². The SMILES string of the molecule is COc1cc(Br)c(OC)c2c1CCCC2O. The van der Waals surface area contributed by atoms with Gasteiger partial charge in [0, 0.05) is 11.1 Å². The minimum Gasteiger partial charge on any atom is -0.496 e. The second-order valence-electron chi connectivity index (χ2n) is 3.89. The largest absolute Gasteiger partial charge is 0.496 e. The summed E-state index contributed by atoms with van der Waals surface area (Å²) in [6.07, 6.45) is 2.24. The molecule has 0 fully saturated rings. The Morgan fingerprint density at radius 3 is 2.75 bits per heavy atom. The number of rotatable bonds is 2. The van der Waals surface area contributed by atoms with Gasteiger partial charge in [-0.3, -0.25) is 0 Å². The number of fused-ring (bicyclic) bond motifs is 1. The Morgan fingerprint density at radius 2 is 2.12 bits per heavy atom. The normalized spacial score (nSPS) is 19.1. The van der Waals surface area contributed by atoms with Crippen LogP contribution >= 0.6 is 15.9 Å². The quantitative estimate of drug-likeness (QED) is 0.909. The summed E-state index contributed by atoms with van der Waals surface area (Å²) >= 11 is 3.44. The summed E-state index contributed by atoms with van der Waals surface area (Å²) in [5, 5.41) is 10.1. The first-order valence-corrected chi connectivity index (χ1v) is 6.09. The van der Waals surface area contributed by atoms with Gasteiger partial charge in [-0.1, -0.05) is 0 Å². The lowest BCUT2D eigenvalue weighted by Crippen LogP contribution is -2.12. The maximum atomic E-state index is 10.1. The lowest BCUT2D eigenvalue weighted by atomic mass is 9.88. The fourth-order valence-corrected chi connectivity index (χ4v) is 2.87. The highest BCUT2D eigenvalue weighted by Crippen LogP contribution is 2.45. The molecule has 1 N–H and O–H groups in total. The lowest BCUT2D eigenvalue weighted by molar-refractivity contribution is 0.151. The van der Waals surface area contributed by atoms with Crippen LogP contribution < -0.4 is 9.47 Å². The van der Waals surface area contributed by atoms with E-state index in [9.17, 15) is 5.11 Å². The van der Waals surface area contributed by atoms with Gasteiger partial charge in [-0.15, -0.1) is 0 Å². The van der Waals surface area contributed by atoms with Gasteiger partial charge in [0.1, 0.15) is 11.5 Å². The molecule has 0 amide bonds. The van der Waals surface area contributed by atoms with Crippen LogP contribution in [-0.2, 0) is 6.42 Å². The topological polar surface area (TPSA) is 38.7 Å². The average molecular weight is 287 g/mol. The summed E-state index contributed by atoms with van der Waals surface area (Å²) in [7, 11) is 3.27. The van der Waals surface area contributed by atoms with Crippen molar-refractivity contribution in [2.75, 3.05) is 14.2 Å². The van der Waals surface area contributed by atoms with Crippen molar-refractivity contribution < 1.29 is 14.6 Å². The third-order valence-corrected chi connectivity index (χ3v) is 3.59. The van der Waals surface area contributed by atoms with E-state index in [-0.39, 0.29) is 0 Å². The number of hydrogen-bond acceptors (Lipinski definition) is 3. The maximum Gasteiger partial charge on any atom is 0.139 e. The first-order chi connectivity index (χ1) is 7.69. The zero-order chi connectivity index (χ0) is 11.7. The van der Waals surface area contributed by atoms with Crippen LogP contribution in [0.1, 0.15) is 30.1 Å². The molecule has 1 aromatic carbocycles. The molecule has 3 nitrogen and oxygen atoms in total. The summed E-state index contributed by atoms with van der Waals surface area (Å²) in [6, 6.07) is 1.90. The molecule has 1 unspecified atom stereocenters. The molecule has 0 spiro atoms. The van der Waals surface area contributed by atoms with Gasteiger partial charge in [0.2, 0.25) is 0 Å². The summed E-state index contributed by atoms with van der Waals surface area (Å²) in [4.78, 5) is 0. The molecule has 0 bridgehead atoms. The fourth-order valence-electron chi connectivity index (χ4n) is 2.28. The molecular formula is C12H15BrO3. The second kappa shape index (κ2) is 4.63. The van der Waals surface area contributed by atoms with E-state index in [1.54, 1.807) is 14.2 Å². The number of halogens is 1. The van der Waals surface area contributed by atoms with E-state index in [1.165, 1.54) is 0 Å². The van der Waals surface area contributed by atoms with E-state index in [0.29, 0.717) is 0 Å². The summed E-state index contributed by atoms with van der Waals surface area (Å²) < 4.78 is 11.5. The minimum absolute atomic E-state index is 0.454. The fraction of sp³-hybridized carbons (Fsp3) is 0.500. The molecule has 2 rings (SSSR count). The van der Waals surface area contributed by atoms with E-state index >= 15 is 0 Å². The summed E-state index contributed by atoms with van der Waals surface area (Å²) in [5.74, 6) is 1.55. The third-order valence-electron chi connectivity index (χ3n) is 3.00. The predicted molar refractivity (Wildman–Crippen MR) is 65.1 cm³/mol. The first kappa shape index (κ1) is 11.7. The van der Waals surface area contributed by atoms with E-state index in [0.717, 1.165) is 46.4 Å². The number of benzene rings is 1. The molecule has 0 aromatic heterocycles. The Morgan fingerprint density at radius 1 is 1.38 bits per heavy atom. The van der Waals surface area contributed by atoms with Crippen molar-refractivity contribution in [1.29, 1.82) is 0 Å². The highest BCUT2D eigenvalue weighted by Gasteiger charge is 2.27. The molecule has 4 heteroatoms. The molecule has 0 radical (unpaired) electrons. The molecule has 1 aromatic rings. The van der Waals surface area contributed by atoms with Gasteiger partial charge in [-0.2, -0.15) is 0 Å². The number of aliphatic hydroxyl groups is 1. The van der Waals surface area contributed by atoms with Crippen LogP contribution in [0.4, 0.5) is 0 Å². The molecule has 1 aliphatic carbocycles. The molecule has 1 atom stereocenters. The Labute approximate surface area is 104 Å². The Balaban J connectivity index is 2.66. The van der Waals surface area contributed by atoms with E-state index in [2.05, 4.69) is 15.9 Å². The van der Waals surface area contributed by atoms with E-state index < -0.39 is 6.10 Å². The molecule has 88 valence electrons. The van der Waals surface area contributed by atoms with Gasteiger partial charge < -0.3 is 14.6 Å². The van der Waals surface area contributed by atoms with Gasteiger partial charge >= 0.3 is 0 Å². The smallest absolute Gasteiger partial charge is 0.139 e. The van der Waals surface area contributed by atoms with Crippen LogP contribution in [0.25, 0.3) is 0 Å². The van der Waals surface area contributed by atoms with E-state index in [1.807, 2.05) is 6.07 Å². The van der Waals surface area contributed by atoms with Gasteiger partial charge in [0.25, 0.3) is 0 Å². The molecule has 16 heavy (non-hydrogen) atoms. The van der Waals surface area contributed by atoms with Crippen LogP contribution in [0.3, 0.4) is 0 Å². The van der Waals surface area contributed by atoms with Crippen LogP contribution in [0.5, 0.6) is 11.5 Å². The minimum atomic E-state index is -0.454.